The van der Waals surface area contributed by atoms with Crippen LogP contribution >= 0.6 is 11.6 Å². The van der Waals surface area contributed by atoms with Crippen molar-refractivity contribution < 1.29 is 0 Å². The Bertz CT molecular complexity index is 304. The third-order valence-electron chi connectivity index (χ3n) is 2.53. The zero-order chi connectivity index (χ0) is 11.3. The van der Waals surface area contributed by atoms with Gasteiger partial charge in [0.25, 0.3) is 0 Å². The lowest BCUT2D eigenvalue weighted by atomic mass is 10.1. The Labute approximate surface area is 96.5 Å². The van der Waals surface area contributed by atoms with Gasteiger partial charge in [-0.1, -0.05) is 31.9 Å². The summed E-state index contributed by atoms with van der Waals surface area (Å²) in [5.74, 6) is 1.52. The highest BCUT2D eigenvalue weighted by molar-refractivity contribution is 6.29. The SMILES string of the molecule is CCC(C)CN(CC)c1cncc(Cl)n1. The number of hydrogen-bond donors (Lipinski definition) is 0. The van der Waals surface area contributed by atoms with E-state index < -0.39 is 0 Å². The van der Waals surface area contributed by atoms with Crippen molar-refractivity contribution in [3.8, 4) is 0 Å². The summed E-state index contributed by atoms with van der Waals surface area (Å²) in [5, 5.41) is 0.454. The van der Waals surface area contributed by atoms with Crippen molar-refractivity contribution in [2.75, 3.05) is 18.0 Å². The van der Waals surface area contributed by atoms with Crippen molar-refractivity contribution in [2.24, 2.45) is 5.92 Å². The molecule has 1 unspecified atom stereocenters. The molecular formula is C11H18ClN3. The summed E-state index contributed by atoms with van der Waals surface area (Å²) in [5.41, 5.74) is 0. The molecule has 4 heteroatoms. The second kappa shape index (κ2) is 5.91. The maximum absolute atomic E-state index is 5.82. The number of halogens is 1. The molecule has 0 spiro atoms. The molecule has 1 aromatic heterocycles. The lowest BCUT2D eigenvalue weighted by Gasteiger charge is -2.24. The van der Waals surface area contributed by atoms with Crippen LogP contribution in [0.25, 0.3) is 0 Å². The predicted molar refractivity (Wildman–Crippen MR) is 64.4 cm³/mol. The highest BCUT2D eigenvalue weighted by atomic mass is 35.5. The van der Waals surface area contributed by atoms with Gasteiger partial charge in [-0.15, -0.1) is 0 Å². The van der Waals surface area contributed by atoms with Gasteiger partial charge in [-0.25, -0.2) is 4.98 Å². The summed E-state index contributed by atoms with van der Waals surface area (Å²) < 4.78 is 0. The molecule has 0 aliphatic rings. The molecule has 0 aromatic carbocycles. The van der Waals surface area contributed by atoms with E-state index in [1.54, 1.807) is 12.4 Å². The maximum atomic E-state index is 5.82. The van der Waals surface area contributed by atoms with Crippen LogP contribution in [0.4, 0.5) is 5.82 Å². The van der Waals surface area contributed by atoms with Crippen LogP contribution in [0, 0.1) is 5.92 Å². The molecule has 0 aliphatic carbocycles. The summed E-state index contributed by atoms with van der Waals surface area (Å²) in [6.45, 7) is 8.48. The van der Waals surface area contributed by atoms with E-state index in [1.807, 2.05) is 0 Å². The topological polar surface area (TPSA) is 29.0 Å². The van der Waals surface area contributed by atoms with Crippen LogP contribution in [-0.2, 0) is 0 Å². The number of aromatic nitrogens is 2. The molecule has 0 saturated heterocycles. The molecule has 15 heavy (non-hydrogen) atoms. The summed E-state index contributed by atoms with van der Waals surface area (Å²) in [4.78, 5) is 10.5. The first kappa shape index (κ1) is 12.2. The van der Waals surface area contributed by atoms with Crippen molar-refractivity contribution in [3.63, 3.8) is 0 Å². The Hall–Kier alpha value is -0.830. The molecule has 0 radical (unpaired) electrons. The Morgan fingerprint density at radius 1 is 1.40 bits per heavy atom. The molecule has 0 bridgehead atoms. The minimum absolute atomic E-state index is 0.454. The van der Waals surface area contributed by atoms with Gasteiger partial charge in [0.05, 0.1) is 12.4 Å². The van der Waals surface area contributed by atoms with Crippen molar-refractivity contribution in [1.29, 1.82) is 0 Å². The van der Waals surface area contributed by atoms with E-state index in [-0.39, 0.29) is 0 Å². The Morgan fingerprint density at radius 2 is 2.13 bits per heavy atom. The molecule has 1 aromatic rings. The Kier molecular flexibility index (Phi) is 4.82. The highest BCUT2D eigenvalue weighted by Gasteiger charge is 2.09. The first-order valence-corrected chi connectivity index (χ1v) is 5.77. The van der Waals surface area contributed by atoms with E-state index in [2.05, 4.69) is 35.6 Å². The van der Waals surface area contributed by atoms with Gasteiger partial charge in [-0.2, -0.15) is 0 Å². The van der Waals surface area contributed by atoms with Crippen LogP contribution in [0.1, 0.15) is 27.2 Å². The fourth-order valence-corrected chi connectivity index (χ4v) is 1.52. The molecule has 1 rings (SSSR count). The summed E-state index contributed by atoms with van der Waals surface area (Å²) >= 11 is 5.82. The lowest BCUT2D eigenvalue weighted by Crippen LogP contribution is -2.28. The van der Waals surface area contributed by atoms with Gasteiger partial charge in [0, 0.05) is 13.1 Å². The van der Waals surface area contributed by atoms with Crippen LogP contribution in [0.2, 0.25) is 5.15 Å². The number of hydrogen-bond acceptors (Lipinski definition) is 3. The highest BCUT2D eigenvalue weighted by Crippen LogP contribution is 2.15. The number of nitrogens with zero attached hydrogens (tertiary/aromatic N) is 3. The third kappa shape index (κ3) is 3.67. The van der Waals surface area contributed by atoms with Gasteiger partial charge >= 0.3 is 0 Å². The second-order valence-electron chi connectivity index (χ2n) is 3.75. The third-order valence-corrected chi connectivity index (χ3v) is 2.71. The van der Waals surface area contributed by atoms with E-state index in [0.717, 1.165) is 18.9 Å². The van der Waals surface area contributed by atoms with E-state index in [9.17, 15) is 0 Å². The lowest BCUT2D eigenvalue weighted by molar-refractivity contribution is 0.545. The van der Waals surface area contributed by atoms with Crippen molar-refractivity contribution in [3.05, 3.63) is 17.5 Å². The fraction of sp³-hybridized carbons (Fsp3) is 0.636. The molecule has 84 valence electrons. The molecule has 3 nitrogen and oxygen atoms in total. The van der Waals surface area contributed by atoms with E-state index in [0.29, 0.717) is 11.1 Å². The molecule has 1 heterocycles. The zero-order valence-electron chi connectivity index (χ0n) is 9.57. The van der Waals surface area contributed by atoms with E-state index >= 15 is 0 Å². The standard InChI is InChI=1S/C11H18ClN3/c1-4-9(3)8-15(5-2)11-7-13-6-10(12)14-11/h6-7,9H,4-5,8H2,1-3H3. The molecule has 0 saturated carbocycles. The normalized spacial score (nSPS) is 12.5. The minimum Gasteiger partial charge on any atom is -0.355 e. The monoisotopic (exact) mass is 227 g/mol. The van der Waals surface area contributed by atoms with Gasteiger partial charge in [0.15, 0.2) is 0 Å². The van der Waals surface area contributed by atoms with Crippen molar-refractivity contribution in [2.45, 2.75) is 27.2 Å². The largest absolute Gasteiger partial charge is 0.355 e. The van der Waals surface area contributed by atoms with Gasteiger partial charge in [0.1, 0.15) is 11.0 Å². The van der Waals surface area contributed by atoms with E-state index in [4.69, 9.17) is 11.6 Å². The molecule has 0 aliphatic heterocycles. The number of anilines is 1. The smallest absolute Gasteiger partial charge is 0.149 e. The molecule has 0 N–H and O–H groups in total. The van der Waals surface area contributed by atoms with E-state index in [1.165, 1.54) is 6.42 Å². The molecular weight excluding hydrogens is 210 g/mol. The summed E-state index contributed by atoms with van der Waals surface area (Å²) in [6, 6.07) is 0. The van der Waals surface area contributed by atoms with Crippen LogP contribution in [0.5, 0.6) is 0 Å². The Balaban J connectivity index is 2.73. The van der Waals surface area contributed by atoms with Gasteiger partial charge in [0.2, 0.25) is 0 Å². The quantitative estimate of drug-likeness (QED) is 0.775. The maximum Gasteiger partial charge on any atom is 0.149 e. The predicted octanol–water partition coefficient (Wildman–Crippen LogP) is 3.00. The van der Waals surface area contributed by atoms with Crippen LogP contribution in [0.15, 0.2) is 12.4 Å². The van der Waals surface area contributed by atoms with Crippen molar-refractivity contribution in [1.82, 2.24) is 9.97 Å². The number of rotatable bonds is 5. The van der Waals surface area contributed by atoms with Crippen LogP contribution in [0.3, 0.4) is 0 Å². The first-order chi connectivity index (χ1) is 7.17. The van der Waals surface area contributed by atoms with Crippen LogP contribution in [-0.4, -0.2) is 23.1 Å². The Morgan fingerprint density at radius 3 is 2.67 bits per heavy atom. The fourth-order valence-electron chi connectivity index (χ4n) is 1.37. The van der Waals surface area contributed by atoms with Crippen molar-refractivity contribution >= 4 is 17.4 Å². The molecule has 0 amide bonds. The molecule has 0 fully saturated rings. The average Bonchev–Trinajstić information content (AvgIpc) is 2.25. The molecule has 1 atom stereocenters. The summed E-state index contributed by atoms with van der Waals surface area (Å²) in [6.07, 6.45) is 4.49. The average molecular weight is 228 g/mol. The summed E-state index contributed by atoms with van der Waals surface area (Å²) in [7, 11) is 0. The minimum atomic E-state index is 0.454. The van der Waals surface area contributed by atoms with Gasteiger partial charge in [-0.3, -0.25) is 4.98 Å². The zero-order valence-corrected chi connectivity index (χ0v) is 10.3. The van der Waals surface area contributed by atoms with Gasteiger partial charge in [-0.05, 0) is 12.8 Å². The second-order valence-corrected chi connectivity index (χ2v) is 4.14. The van der Waals surface area contributed by atoms with Crippen LogP contribution < -0.4 is 4.90 Å². The van der Waals surface area contributed by atoms with Gasteiger partial charge < -0.3 is 4.90 Å². The first-order valence-electron chi connectivity index (χ1n) is 5.39.